The molecule has 1 aromatic carbocycles. The molecule has 148 valence electrons. The van der Waals surface area contributed by atoms with Crippen LogP contribution < -0.4 is 0 Å². The molecule has 2 aliphatic heterocycles. The average Bonchev–Trinajstić information content (AvgIpc) is 3.16. The molecule has 3 heterocycles. The van der Waals surface area contributed by atoms with Gasteiger partial charge in [-0.1, -0.05) is 12.1 Å². The van der Waals surface area contributed by atoms with Gasteiger partial charge in [0.2, 0.25) is 11.7 Å². The van der Waals surface area contributed by atoms with E-state index in [9.17, 15) is 9.59 Å². The van der Waals surface area contributed by atoms with Gasteiger partial charge in [0, 0.05) is 49.1 Å². The number of hydrogen-bond donors (Lipinski definition) is 0. The molecule has 1 spiro atoms. The summed E-state index contributed by atoms with van der Waals surface area (Å²) in [4.78, 5) is 30.5. The standard InChI is InChI=1S/C20H26N6O2/c1-3-25-13-20(11-9-17(25)27)10-4-12-26(14-20)19(28)16-7-5-15(6-8-16)18-21-23-24(2)22-18/h5-8H,3-4,9-14H2,1-2H3/t20-/m0/s1. The molecule has 2 saturated heterocycles. The zero-order valence-corrected chi connectivity index (χ0v) is 16.5. The summed E-state index contributed by atoms with van der Waals surface area (Å²) < 4.78 is 0. The normalized spacial score (nSPS) is 22.7. The molecule has 1 atom stereocenters. The monoisotopic (exact) mass is 382 g/mol. The molecule has 1 aromatic heterocycles. The minimum absolute atomic E-state index is 0.0430. The first kappa shape index (κ1) is 18.6. The summed E-state index contributed by atoms with van der Waals surface area (Å²) in [7, 11) is 1.72. The molecule has 0 unspecified atom stereocenters. The van der Waals surface area contributed by atoms with E-state index in [1.165, 1.54) is 4.80 Å². The van der Waals surface area contributed by atoms with Crippen LogP contribution in [0.25, 0.3) is 11.4 Å². The number of nitrogens with zero attached hydrogens (tertiary/aromatic N) is 6. The zero-order chi connectivity index (χ0) is 19.7. The van der Waals surface area contributed by atoms with Crippen LogP contribution in [0.2, 0.25) is 0 Å². The molecule has 4 rings (SSSR count). The lowest BCUT2D eigenvalue weighted by Crippen LogP contribution is -2.55. The number of likely N-dealkylation sites (tertiary alicyclic amines) is 2. The third kappa shape index (κ3) is 3.50. The van der Waals surface area contributed by atoms with Gasteiger partial charge >= 0.3 is 0 Å². The summed E-state index contributed by atoms with van der Waals surface area (Å²) in [6.45, 7) is 5.03. The van der Waals surface area contributed by atoms with Gasteiger partial charge in [0.15, 0.2) is 0 Å². The Bertz CT molecular complexity index is 877. The fourth-order valence-corrected chi connectivity index (χ4v) is 4.45. The van der Waals surface area contributed by atoms with Gasteiger partial charge in [-0.25, -0.2) is 0 Å². The van der Waals surface area contributed by atoms with Crippen molar-refractivity contribution in [2.75, 3.05) is 26.2 Å². The van der Waals surface area contributed by atoms with E-state index in [-0.39, 0.29) is 17.2 Å². The Hall–Kier alpha value is -2.77. The van der Waals surface area contributed by atoms with Crippen LogP contribution in [-0.2, 0) is 11.8 Å². The fraction of sp³-hybridized carbons (Fsp3) is 0.550. The Labute approximate surface area is 164 Å². The highest BCUT2D eigenvalue weighted by Gasteiger charge is 2.42. The van der Waals surface area contributed by atoms with Crippen molar-refractivity contribution in [1.82, 2.24) is 30.0 Å². The highest BCUT2D eigenvalue weighted by atomic mass is 16.2. The molecule has 0 saturated carbocycles. The Kier molecular flexibility index (Phi) is 4.87. The van der Waals surface area contributed by atoms with Crippen molar-refractivity contribution in [2.24, 2.45) is 12.5 Å². The molecule has 0 radical (unpaired) electrons. The van der Waals surface area contributed by atoms with Gasteiger partial charge in [-0.05, 0) is 43.5 Å². The van der Waals surface area contributed by atoms with Crippen LogP contribution >= 0.6 is 0 Å². The first-order chi connectivity index (χ1) is 13.5. The highest BCUT2D eigenvalue weighted by Crippen LogP contribution is 2.39. The van der Waals surface area contributed by atoms with Gasteiger partial charge in [-0.15, -0.1) is 10.2 Å². The van der Waals surface area contributed by atoms with Gasteiger partial charge in [-0.3, -0.25) is 9.59 Å². The second-order valence-electron chi connectivity index (χ2n) is 7.92. The fourth-order valence-electron chi connectivity index (χ4n) is 4.45. The van der Waals surface area contributed by atoms with E-state index in [2.05, 4.69) is 15.4 Å². The second kappa shape index (κ2) is 7.33. The molecule has 0 aliphatic carbocycles. The van der Waals surface area contributed by atoms with Crippen molar-refractivity contribution in [1.29, 1.82) is 0 Å². The van der Waals surface area contributed by atoms with Gasteiger partial charge in [-0.2, -0.15) is 4.80 Å². The molecule has 2 fully saturated rings. The summed E-state index contributed by atoms with van der Waals surface area (Å²) >= 11 is 0. The van der Waals surface area contributed by atoms with Gasteiger partial charge in [0.1, 0.15) is 0 Å². The number of amides is 2. The molecule has 2 amide bonds. The van der Waals surface area contributed by atoms with Gasteiger partial charge < -0.3 is 9.80 Å². The molecule has 2 aliphatic rings. The number of carbonyl (C=O) groups excluding carboxylic acids is 2. The van der Waals surface area contributed by atoms with Gasteiger partial charge in [0.25, 0.3) is 5.91 Å². The van der Waals surface area contributed by atoms with Crippen LogP contribution in [0.3, 0.4) is 0 Å². The molecule has 0 N–H and O–H groups in total. The Morgan fingerprint density at radius 1 is 1.18 bits per heavy atom. The number of rotatable bonds is 3. The van der Waals surface area contributed by atoms with Crippen LogP contribution in [0.1, 0.15) is 43.0 Å². The quantitative estimate of drug-likeness (QED) is 0.807. The lowest BCUT2D eigenvalue weighted by atomic mass is 9.73. The maximum absolute atomic E-state index is 13.1. The van der Waals surface area contributed by atoms with Crippen LogP contribution in [0.5, 0.6) is 0 Å². The van der Waals surface area contributed by atoms with Crippen molar-refractivity contribution in [3.63, 3.8) is 0 Å². The van der Waals surface area contributed by atoms with Crippen molar-refractivity contribution >= 4 is 11.8 Å². The molecular formula is C20H26N6O2. The molecule has 0 bridgehead atoms. The average molecular weight is 382 g/mol. The van der Waals surface area contributed by atoms with E-state index in [1.807, 2.05) is 41.0 Å². The smallest absolute Gasteiger partial charge is 0.253 e. The molecule has 28 heavy (non-hydrogen) atoms. The predicted octanol–water partition coefficient (Wildman–Crippen LogP) is 1.74. The van der Waals surface area contributed by atoms with Crippen LogP contribution in [0, 0.1) is 5.41 Å². The van der Waals surface area contributed by atoms with E-state index < -0.39 is 0 Å². The third-order valence-corrected chi connectivity index (χ3v) is 5.98. The van der Waals surface area contributed by atoms with E-state index in [1.54, 1.807) is 7.05 Å². The topological polar surface area (TPSA) is 84.2 Å². The zero-order valence-electron chi connectivity index (χ0n) is 16.5. The summed E-state index contributed by atoms with van der Waals surface area (Å²) in [6, 6.07) is 7.39. The first-order valence-electron chi connectivity index (χ1n) is 9.91. The molecule has 8 nitrogen and oxygen atoms in total. The Balaban J connectivity index is 1.48. The number of benzene rings is 1. The lowest BCUT2D eigenvalue weighted by Gasteiger charge is -2.48. The maximum Gasteiger partial charge on any atom is 0.253 e. The number of hydrogen-bond acceptors (Lipinski definition) is 5. The second-order valence-corrected chi connectivity index (χ2v) is 7.92. The highest BCUT2D eigenvalue weighted by molar-refractivity contribution is 5.94. The number of carbonyl (C=O) groups is 2. The van der Waals surface area contributed by atoms with E-state index in [0.717, 1.165) is 51.0 Å². The van der Waals surface area contributed by atoms with Crippen LogP contribution in [0.4, 0.5) is 0 Å². The molecule has 2 aromatic rings. The van der Waals surface area contributed by atoms with E-state index in [0.29, 0.717) is 17.8 Å². The third-order valence-electron chi connectivity index (χ3n) is 5.98. The summed E-state index contributed by atoms with van der Waals surface area (Å²) in [5.74, 6) is 0.840. The van der Waals surface area contributed by atoms with Gasteiger partial charge in [0.05, 0.1) is 7.05 Å². The van der Waals surface area contributed by atoms with Crippen LogP contribution in [0.15, 0.2) is 24.3 Å². The van der Waals surface area contributed by atoms with E-state index >= 15 is 0 Å². The predicted molar refractivity (Wildman–Crippen MR) is 103 cm³/mol. The van der Waals surface area contributed by atoms with Crippen molar-refractivity contribution < 1.29 is 9.59 Å². The summed E-state index contributed by atoms with van der Waals surface area (Å²) in [5, 5.41) is 12.0. The number of piperidine rings is 2. The number of tetrazole rings is 1. The maximum atomic E-state index is 13.1. The minimum atomic E-state index is 0.0430. The van der Waals surface area contributed by atoms with Crippen molar-refractivity contribution in [3.05, 3.63) is 29.8 Å². The number of aromatic nitrogens is 4. The summed E-state index contributed by atoms with van der Waals surface area (Å²) in [6.07, 6.45) is 3.54. The SMILES string of the molecule is CCN1C[C@]2(CCCN(C(=O)c3ccc(-c4nnn(C)n4)cc3)C2)CCC1=O. The molecule has 8 heteroatoms. The summed E-state index contributed by atoms with van der Waals surface area (Å²) in [5.41, 5.74) is 1.55. The largest absolute Gasteiger partial charge is 0.342 e. The van der Waals surface area contributed by atoms with E-state index in [4.69, 9.17) is 0 Å². The Morgan fingerprint density at radius 3 is 2.64 bits per heavy atom. The van der Waals surface area contributed by atoms with Crippen molar-refractivity contribution in [3.8, 4) is 11.4 Å². The van der Waals surface area contributed by atoms with Crippen molar-refractivity contribution in [2.45, 2.75) is 32.6 Å². The van der Waals surface area contributed by atoms with Crippen LogP contribution in [-0.4, -0.2) is 68.0 Å². The lowest BCUT2D eigenvalue weighted by molar-refractivity contribution is -0.138. The number of aryl methyl sites for hydroxylation is 1. The minimum Gasteiger partial charge on any atom is -0.342 e. The first-order valence-corrected chi connectivity index (χ1v) is 9.91. The Morgan fingerprint density at radius 2 is 1.96 bits per heavy atom. The molecular weight excluding hydrogens is 356 g/mol.